The summed E-state index contributed by atoms with van der Waals surface area (Å²) >= 11 is 0. The molecule has 1 aromatic carbocycles. The van der Waals surface area contributed by atoms with E-state index in [2.05, 4.69) is 5.32 Å². The van der Waals surface area contributed by atoms with Crippen molar-refractivity contribution in [1.29, 1.82) is 0 Å². The van der Waals surface area contributed by atoms with Gasteiger partial charge in [0.1, 0.15) is 33.9 Å². The van der Waals surface area contributed by atoms with Gasteiger partial charge in [-0.2, -0.15) is 0 Å². The molecule has 2 aromatic rings. The Labute approximate surface area is 151 Å². The molecule has 9 heteroatoms. The highest BCUT2D eigenvalue weighted by Gasteiger charge is 2.60. The number of methoxy groups -OCH3 is 1. The zero-order chi connectivity index (χ0) is 19.5. The SMILES string of the molecule is COC(=O)C1=C(N)Oc2cc(C)oc(=O)c2[C@]12C(=O)Nc1ccc(F)cc12. The molecule has 0 fully saturated rings. The molecule has 1 amide bonds. The number of nitrogens with one attached hydrogen (secondary N) is 1. The molecule has 3 heterocycles. The largest absolute Gasteiger partial charge is 0.465 e. The van der Waals surface area contributed by atoms with Gasteiger partial charge in [0, 0.05) is 17.3 Å². The number of aryl methyl sites for hydroxylation is 1. The van der Waals surface area contributed by atoms with Crippen LogP contribution in [0.1, 0.15) is 16.9 Å². The first-order chi connectivity index (χ1) is 12.8. The number of carbonyl (C=O) groups is 2. The van der Waals surface area contributed by atoms with E-state index >= 15 is 0 Å². The average Bonchev–Trinajstić information content (AvgIpc) is 2.86. The first kappa shape index (κ1) is 16.8. The van der Waals surface area contributed by atoms with Gasteiger partial charge in [-0.1, -0.05) is 0 Å². The highest BCUT2D eigenvalue weighted by atomic mass is 19.1. The van der Waals surface area contributed by atoms with Crippen LogP contribution in [0.5, 0.6) is 5.75 Å². The van der Waals surface area contributed by atoms with Crippen molar-refractivity contribution >= 4 is 17.6 Å². The third kappa shape index (κ3) is 2.05. The quantitative estimate of drug-likeness (QED) is 0.718. The van der Waals surface area contributed by atoms with Crippen molar-refractivity contribution in [2.24, 2.45) is 5.73 Å². The molecule has 0 bridgehead atoms. The zero-order valence-electron chi connectivity index (χ0n) is 14.2. The predicted octanol–water partition coefficient (Wildman–Crippen LogP) is 1.06. The maximum atomic E-state index is 14.0. The summed E-state index contributed by atoms with van der Waals surface area (Å²) in [5.74, 6) is -2.71. The lowest BCUT2D eigenvalue weighted by atomic mass is 9.69. The van der Waals surface area contributed by atoms with Gasteiger partial charge in [0.05, 0.1) is 7.11 Å². The molecule has 1 aromatic heterocycles. The van der Waals surface area contributed by atoms with E-state index in [0.717, 1.165) is 19.2 Å². The van der Waals surface area contributed by atoms with Crippen LogP contribution in [0, 0.1) is 12.7 Å². The van der Waals surface area contributed by atoms with E-state index in [-0.39, 0.29) is 28.3 Å². The van der Waals surface area contributed by atoms with Crippen molar-refractivity contribution < 1.29 is 27.9 Å². The van der Waals surface area contributed by atoms with Crippen LogP contribution in [0.15, 0.2) is 44.9 Å². The molecule has 0 aliphatic carbocycles. The van der Waals surface area contributed by atoms with E-state index < -0.39 is 40.2 Å². The van der Waals surface area contributed by atoms with Crippen molar-refractivity contribution in [3.63, 3.8) is 0 Å². The molecule has 8 nitrogen and oxygen atoms in total. The van der Waals surface area contributed by atoms with Gasteiger partial charge in [-0.15, -0.1) is 0 Å². The smallest absolute Gasteiger partial charge is 0.344 e. The topological polar surface area (TPSA) is 121 Å². The molecule has 0 radical (unpaired) electrons. The lowest BCUT2D eigenvalue weighted by Gasteiger charge is -2.33. The number of hydrogen-bond donors (Lipinski definition) is 2. The number of rotatable bonds is 1. The minimum atomic E-state index is -2.06. The molecule has 138 valence electrons. The number of nitrogens with two attached hydrogens (primary N) is 1. The Morgan fingerprint density at radius 3 is 2.74 bits per heavy atom. The second kappa shape index (κ2) is 5.44. The summed E-state index contributed by atoms with van der Waals surface area (Å²) in [7, 11) is 1.09. The molecular weight excluding hydrogens is 359 g/mol. The predicted molar refractivity (Wildman–Crippen MR) is 89.4 cm³/mol. The number of benzene rings is 1. The van der Waals surface area contributed by atoms with Gasteiger partial charge in [-0.05, 0) is 25.1 Å². The van der Waals surface area contributed by atoms with E-state index in [4.69, 9.17) is 19.6 Å². The Balaban J connectivity index is 2.21. The minimum absolute atomic E-state index is 0.0385. The Morgan fingerprint density at radius 2 is 2.04 bits per heavy atom. The van der Waals surface area contributed by atoms with Gasteiger partial charge in [0.25, 0.3) is 0 Å². The normalized spacial score (nSPS) is 20.0. The number of halogens is 1. The van der Waals surface area contributed by atoms with Crippen LogP contribution < -0.4 is 21.4 Å². The van der Waals surface area contributed by atoms with Crippen molar-refractivity contribution in [3.05, 3.63) is 68.8 Å². The number of anilines is 1. The molecule has 27 heavy (non-hydrogen) atoms. The zero-order valence-corrected chi connectivity index (χ0v) is 14.2. The van der Waals surface area contributed by atoms with Gasteiger partial charge >= 0.3 is 11.6 Å². The fourth-order valence-electron chi connectivity index (χ4n) is 3.61. The highest BCUT2D eigenvalue weighted by molar-refractivity contribution is 6.17. The molecule has 0 saturated heterocycles. The fourth-order valence-corrected chi connectivity index (χ4v) is 3.61. The third-order valence-electron chi connectivity index (χ3n) is 4.62. The first-order valence-electron chi connectivity index (χ1n) is 7.83. The number of fused-ring (bicyclic) bond motifs is 4. The number of esters is 1. The summed E-state index contributed by atoms with van der Waals surface area (Å²) in [5, 5.41) is 2.56. The Kier molecular flexibility index (Phi) is 3.39. The summed E-state index contributed by atoms with van der Waals surface area (Å²) in [5.41, 5.74) is 2.53. The summed E-state index contributed by atoms with van der Waals surface area (Å²) < 4.78 is 29.4. The van der Waals surface area contributed by atoms with Crippen molar-refractivity contribution in [3.8, 4) is 5.75 Å². The second-order valence-electron chi connectivity index (χ2n) is 6.11. The fraction of sp³-hybridized carbons (Fsp3) is 0.167. The maximum Gasteiger partial charge on any atom is 0.344 e. The van der Waals surface area contributed by atoms with Crippen LogP contribution in [0.3, 0.4) is 0 Å². The van der Waals surface area contributed by atoms with Crippen LogP contribution >= 0.6 is 0 Å². The molecule has 2 aliphatic heterocycles. The average molecular weight is 372 g/mol. The molecule has 2 aliphatic rings. The van der Waals surface area contributed by atoms with E-state index in [9.17, 15) is 18.8 Å². The highest BCUT2D eigenvalue weighted by Crippen LogP contribution is 2.52. The lowest BCUT2D eigenvalue weighted by molar-refractivity contribution is -0.138. The number of carbonyl (C=O) groups excluding carboxylic acids is 2. The number of amides is 1. The molecule has 1 spiro atoms. The summed E-state index contributed by atoms with van der Waals surface area (Å²) in [4.78, 5) is 38.4. The summed E-state index contributed by atoms with van der Waals surface area (Å²) in [6.07, 6.45) is 0. The molecule has 0 unspecified atom stereocenters. The van der Waals surface area contributed by atoms with Gasteiger partial charge in [0.15, 0.2) is 0 Å². The lowest BCUT2D eigenvalue weighted by Crippen LogP contribution is -2.48. The van der Waals surface area contributed by atoms with Crippen molar-refractivity contribution in [2.75, 3.05) is 12.4 Å². The monoisotopic (exact) mass is 372 g/mol. The molecular formula is C18H13FN2O6. The third-order valence-corrected chi connectivity index (χ3v) is 4.62. The van der Waals surface area contributed by atoms with E-state index in [1.807, 2.05) is 0 Å². The van der Waals surface area contributed by atoms with E-state index in [1.165, 1.54) is 19.1 Å². The Hall–Kier alpha value is -3.62. The van der Waals surface area contributed by atoms with Crippen molar-refractivity contribution in [2.45, 2.75) is 12.3 Å². The Morgan fingerprint density at radius 1 is 1.30 bits per heavy atom. The number of hydrogen-bond acceptors (Lipinski definition) is 7. The minimum Gasteiger partial charge on any atom is -0.465 e. The standard InChI is InChI=1S/C18H13FN2O6/c1-7-5-11-12(16(23)26-7)18(13(14(20)27-11)15(22)25-2)9-6-8(19)3-4-10(9)21-17(18)24/h3-6H,20H2,1-2H3,(H,21,24)/t18-/m0/s1. The Bertz CT molecular complexity index is 1120. The van der Waals surface area contributed by atoms with Gasteiger partial charge < -0.3 is 24.9 Å². The second-order valence-corrected chi connectivity index (χ2v) is 6.11. The maximum absolute atomic E-state index is 14.0. The van der Waals surface area contributed by atoms with Gasteiger partial charge in [-0.3, -0.25) is 4.79 Å². The summed E-state index contributed by atoms with van der Waals surface area (Å²) in [6, 6.07) is 4.88. The van der Waals surface area contributed by atoms with Crippen molar-refractivity contribution in [1.82, 2.24) is 0 Å². The van der Waals surface area contributed by atoms with Crippen LogP contribution in [-0.2, 0) is 19.7 Å². The van der Waals surface area contributed by atoms with E-state index in [0.29, 0.717) is 0 Å². The van der Waals surface area contributed by atoms with Crippen LogP contribution in [0.25, 0.3) is 0 Å². The molecule has 1 atom stereocenters. The van der Waals surface area contributed by atoms with Crippen LogP contribution in [0.4, 0.5) is 10.1 Å². The molecule has 3 N–H and O–H groups in total. The summed E-state index contributed by atoms with van der Waals surface area (Å²) in [6.45, 7) is 1.51. The van der Waals surface area contributed by atoms with E-state index in [1.54, 1.807) is 0 Å². The first-order valence-corrected chi connectivity index (χ1v) is 7.83. The van der Waals surface area contributed by atoms with Gasteiger partial charge in [0.2, 0.25) is 11.8 Å². The van der Waals surface area contributed by atoms with Gasteiger partial charge in [-0.25, -0.2) is 14.0 Å². The van der Waals surface area contributed by atoms with Crippen LogP contribution in [-0.4, -0.2) is 19.0 Å². The molecule has 0 saturated carbocycles. The number of ether oxygens (including phenoxy) is 2. The van der Waals surface area contributed by atoms with Crippen LogP contribution in [0.2, 0.25) is 0 Å². The molecule has 4 rings (SSSR count).